The number of rotatable bonds is 13. The number of ether oxygens (including phenoxy) is 3. The second kappa shape index (κ2) is 14.2. The molecule has 3 aromatic rings. The Morgan fingerprint density at radius 1 is 0.850 bits per heavy atom. The van der Waals surface area contributed by atoms with Crippen molar-refractivity contribution in [3.05, 3.63) is 95.6 Å². The molecule has 0 amide bonds. The molecule has 0 aliphatic carbocycles. The van der Waals surface area contributed by atoms with Gasteiger partial charge in [-0.3, -0.25) is 4.67 Å². The highest BCUT2D eigenvalue weighted by molar-refractivity contribution is 8.00. The highest BCUT2D eigenvalue weighted by atomic mass is 32.2. The predicted octanol–water partition coefficient (Wildman–Crippen LogP) is 7.02. The van der Waals surface area contributed by atoms with E-state index in [-0.39, 0.29) is 27.2 Å². The summed E-state index contributed by atoms with van der Waals surface area (Å²) in [5, 5.41) is 0. The van der Waals surface area contributed by atoms with E-state index in [2.05, 4.69) is 87.0 Å². The van der Waals surface area contributed by atoms with Gasteiger partial charge in [0.15, 0.2) is 0 Å². The van der Waals surface area contributed by atoms with Gasteiger partial charge in [-0.2, -0.15) is 0 Å². The maximum Gasteiger partial charge on any atom is 0.118 e. The highest BCUT2D eigenvalue weighted by Crippen LogP contribution is 2.50. The van der Waals surface area contributed by atoms with E-state index in [4.69, 9.17) is 26.6 Å². The van der Waals surface area contributed by atoms with Crippen LogP contribution in [0.3, 0.4) is 0 Å². The normalized spacial score (nSPS) is 19.8. The molecule has 1 aliphatic heterocycles. The molecule has 1 fully saturated rings. The van der Waals surface area contributed by atoms with Crippen LogP contribution in [0.15, 0.2) is 78.9 Å². The predicted molar refractivity (Wildman–Crippen MR) is 169 cm³/mol. The SMILES string of the molecule is [B]C1CC(OPN(C(C)C)C(C)C)C(CSC(c2ccccc2)(c2ccc(OC)cc2)c2ccc(OC)cc2)O1. The van der Waals surface area contributed by atoms with Crippen molar-refractivity contribution in [3.63, 3.8) is 0 Å². The van der Waals surface area contributed by atoms with Gasteiger partial charge >= 0.3 is 0 Å². The van der Waals surface area contributed by atoms with Crippen LogP contribution in [0, 0.1) is 0 Å². The highest BCUT2D eigenvalue weighted by Gasteiger charge is 2.41. The first-order valence-electron chi connectivity index (χ1n) is 13.9. The second-order valence-corrected chi connectivity index (χ2v) is 12.8. The van der Waals surface area contributed by atoms with E-state index >= 15 is 0 Å². The molecule has 212 valence electrons. The van der Waals surface area contributed by atoms with Gasteiger partial charge in [0.2, 0.25) is 0 Å². The Labute approximate surface area is 247 Å². The van der Waals surface area contributed by atoms with Crippen molar-refractivity contribution in [1.29, 1.82) is 0 Å². The molecule has 4 atom stereocenters. The lowest BCUT2D eigenvalue weighted by Gasteiger charge is -2.37. The summed E-state index contributed by atoms with van der Waals surface area (Å²) in [6, 6.07) is 27.8. The van der Waals surface area contributed by atoms with Gasteiger partial charge in [0.05, 0.1) is 40.1 Å². The Morgan fingerprint density at radius 2 is 1.35 bits per heavy atom. The molecular weight excluding hydrogens is 536 g/mol. The van der Waals surface area contributed by atoms with Crippen molar-refractivity contribution in [3.8, 4) is 11.5 Å². The Kier molecular flexibility index (Phi) is 11.0. The van der Waals surface area contributed by atoms with Crippen LogP contribution in [0.1, 0.15) is 50.8 Å². The summed E-state index contributed by atoms with van der Waals surface area (Å²) in [4.78, 5) is 0. The van der Waals surface area contributed by atoms with Crippen LogP contribution >= 0.6 is 20.7 Å². The number of methoxy groups -OCH3 is 2. The molecule has 1 aliphatic rings. The molecule has 0 spiro atoms. The van der Waals surface area contributed by atoms with E-state index in [0.717, 1.165) is 22.6 Å². The minimum atomic E-state index is -0.509. The fraction of sp³-hybridized carbons (Fsp3) is 0.438. The average molecular weight is 578 g/mol. The van der Waals surface area contributed by atoms with Crippen molar-refractivity contribution >= 4 is 28.6 Å². The first-order valence-corrected chi connectivity index (χ1v) is 15.7. The van der Waals surface area contributed by atoms with Gasteiger partial charge in [-0.15, -0.1) is 11.8 Å². The van der Waals surface area contributed by atoms with E-state index in [0.29, 0.717) is 24.3 Å². The standard InChI is InChI=1S/C32H41BNO4PS/c1-22(2)34(23(3)4)39-38-29-20-31(33)37-30(29)21-40-32(24-10-8-7-9-11-24,25-12-16-27(35-5)17-13-25)26-14-18-28(36-6)19-15-26/h7-19,22-23,29-31,39H,20-21H2,1-6H3. The van der Waals surface area contributed by atoms with Crippen molar-refractivity contribution in [2.45, 2.75) is 69.2 Å². The topological polar surface area (TPSA) is 40.2 Å². The number of hydrogen-bond acceptors (Lipinski definition) is 6. The van der Waals surface area contributed by atoms with Crippen LogP contribution in [0.2, 0.25) is 0 Å². The minimum Gasteiger partial charge on any atom is -0.497 e. The molecule has 8 heteroatoms. The molecule has 2 radical (unpaired) electrons. The maximum absolute atomic E-state index is 6.52. The lowest BCUT2D eigenvalue weighted by molar-refractivity contribution is 0.0608. The molecule has 40 heavy (non-hydrogen) atoms. The van der Waals surface area contributed by atoms with Crippen molar-refractivity contribution in [1.82, 2.24) is 4.67 Å². The molecule has 1 saturated heterocycles. The van der Waals surface area contributed by atoms with Crippen LogP contribution in [-0.4, -0.2) is 62.8 Å². The van der Waals surface area contributed by atoms with E-state index in [9.17, 15) is 0 Å². The molecule has 0 bridgehead atoms. The Balaban J connectivity index is 1.70. The van der Waals surface area contributed by atoms with Crippen molar-refractivity contribution in [2.75, 3.05) is 20.0 Å². The lowest BCUT2D eigenvalue weighted by Crippen LogP contribution is -2.33. The lowest BCUT2D eigenvalue weighted by atomic mass is 9.84. The van der Waals surface area contributed by atoms with E-state index < -0.39 is 4.75 Å². The summed E-state index contributed by atoms with van der Waals surface area (Å²) in [6.45, 7) is 8.83. The smallest absolute Gasteiger partial charge is 0.118 e. The van der Waals surface area contributed by atoms with Gasteiger partial charge < -0.3 is 18.7 Å². The van der Waals surface area contributed by atoms with Crippen LogP contribution in [0.4, 0.5) is 0 Å². The van der Waals surface area contributed by atoms with Gasteiger partial charge in [-0.25, -0.2) is 0 Å². The zero-order valence-corrected chi connectivity index (χ0v) is 26.2. The zero-order valence-electron chi connectivity index (χ0n) is 24.4. The van der Waals surface area contributed by atoms with Crippen molar-refractivity contribution < 1.29 is 18.7 Å². The summed E-state index contributed by atoms with van der Waals surface area (Å²) in [5.74, 6) is 2.36. The van der Waals surface area contributed by atoms with Crippen LogP contribution in [0.25, 0.3) is 0 Å². The first-order chi connectivity index (χ1) is 19.3. The summed E-state index contributed by atoms with van der Waals surface area (Å²) < 4.78 is 25.6. The molecule has 4 unspecified atom stereocenters. The third-order valence-corrected chi connectivity index (χ3v) is 10.6. The summed E-state index contributed by atoms with van der Waals surface area (Å²) in [7, 11) is 9.98. The largest absolute Gasteiger partial charge is 0.497 e. The fourth-order valence-electron chi connectivity index (χ4n) is 5.24. The number of hydrogen-bond donors (Lipinski definition) is 0. The van der Waals surface area contributed by atoms with Gasteiger partial charge in [0, 0.05) is 23.8 Å². The molecule has 1 heterocycles. The zero-order chi connectivity index (χ0) is 28.7. The molecule has 0 N–H and O–H groups in total. The molecular formula is C32H41BNO4PS. The molecule has 4 rings (SSSR count). The summed E-state index contributed by atoms with van der Waals surface area (Å²) in [6.07, 6.45) is 0.486. The second-order valence-electron chi connectivity index (χ2n) is 10.6. The van der Waals surface area contributed by atoms with Gasteiger partial charge in [-0.05, 0) is 75.1 Å². The van der Waals surface area contributed by atoms with Crippen LogP contribution in [-0.2, 0) is 14.0 Å². The number of thioether (sulfide) groups is 1. The monoisotopic (exact) mass is 577 g/mol. The Hall–Kier alpha value is -2.02. The average Bonchev–Trinajstić information content (AvgIpc) is 3.33. The van der Waals surface area contributed by atoms with E-state index in [1.807, 2.05) is 36.0 Å². The Morgan fingerprint density at radius 3 is 1.82 bits per heavy atom. The number of nitrogens with zero attached hydrogens (tertiary/aromatic N) is 1. The quantitative estimate of drug-likeness (QED) is 0.124. The molecule has 0 aromatic heterocycles. The number of benzene rings is 3. The molecule has 3 aromatic carbocycles. The van der Waals surface area contributed by atoms with E-state index in [1.165, 1.54) is 5.56 Å². The van der Waals surface area contributed by atoms with Crippen LogP contribution in [0.5, 0.6) is 11.5 Å². The van der Waals surface area contributed by atoms with Gasteiger partial charge in [-0.1, -0.05) is 54.6 Å². The minimum absolute atomic E-state index is 0.0685. The third kappa shape index (κ3) is 7.06. The summed E-state index contributed by atoms with van der Waals surface area (Å²) in [5.41, 5.74) is 3.49. The molecule has 0 saturated carbocycles. The van der Waals surface area contributed by atoms with Crippen LogP contribution < -0.4 is 9.47 Å². The fourth-order valence-corrected chi connectivity index (χ4v) is 7.78. The maximum atomic E-state index is 6.52. The summed E-state index contributed by atoms with van der Waals surface area (Å²) >= 11 is 1.85. The third-order valence-electron chi connectivity index (χ3n) is 7.29. The van der Waals surface area contributed by atoms with Crippen molar-refractivity contribution in [2.24, 2.45) is 0 Å². The first kappa shape index (κ1) is 30.9. The van der Waals surface area contributed by atoms with E-state index in [1.54, 1.807) is 14.2 Å². The Bertz CT molecular complexity index is 1120. The van der Waals surface area contributed by atoms with Gasteiger partial charge in [0.25, 0.3) is 0 Å². The molecule has 5 nitrogen and oxygen atoms in total. The van der Waals surface area contributed by atoms with Gasteiger partial charge in [0.1, 0.15) is 19.3 Å².